The fourth-order valence-corrected chi connectivity index (χ4v) is 2.38. The molecule has 3 heteroatoms. The predicted molar refractivity (Wildman–Crippen MR) is 68.1 cm³/mol. The van der Waals surface area contributed by atoms with E-state index in [1.807, 2.05) is 12.1 Å². The zero-order valence-electron chi connectivity index (χ0n) is 10.1. The first-order valence-corrected chi connectivity index (χ1v) is 5.92. The Morgan fingerprint density at radius 2 is 2.19 bits per heavy atom. The molecule has 0 radical (unpaired) electrons. The third-order valence-electron chi connectivity index (χ3n) is 3.35. The number of nitrogens with zero attached hydrogens (tertiary/aromatic N) is 1. The highest BCUT2D eigenvalue weighted by atomic mass is 16.5. The molecule has 0 aromatic heterocycles. The lowest BCUT2D eigenvalue weighted by atomic mass is 10.0. The summed E-state index contributed by atoms with van der Waals surface area (Å²) in [5.41, 5.74) is 8.03. The van der Waals surface area contributed by atoms with E-state index >= 15 is 0 Å². The first-order valence-electron chi connectivity index (χ1n) is 5.92. The van der Waals surface area contributed by atoms with Crippen LogP contribution in [0.5, 0.6) is 5.75 Å². The fraction of sp³-hybridized carbons (Fsp3) is 0.538. The van der Waals surface area contributed by atoms with Crippen molar-refractivity contribution in [3.8, 4) is 5.75 Å². The molecule has 1 atom stereocenters. The van der Waals surface area contributed by atoms with Crippen LogP contribution in [0.2, 0.25) is 0 Å². The van der Waals surface area contributed by atoms with Gasteiger partial charge in [0, 0.05) is 18.7 Å². The van der Waals surface area contributed by atoms with Gasteiger partial charge in [-0.25, -0.2) is 0 Å². The molecular weight excluding hydrogens is 200 g/mol. The third-order valence-corrected chi connectivity index (χ3v) is 3.35. The number of methoxy groups -OCH3 is 1. The topological polar surface area (TPSA) is 38.5 Å². The van der Waals surface area contributed by atoms with Crippen LogP contribution in [0.4, 0.5) is 11.4 Å². The van der Waals surface area contributed by atoms with E-state index in [-0.39, 0.29) is 0 Å². The Morgan fingerprint density at radius 3 is 2.81 bits per heavy atom. The summed E-state index contributed by atoms with van der Waals surface area (Å²) in [4.78, 5) is 2.40. The van der Waals surface area contributed by atoms with Crippen LogP contribution in [0.3, 0.4) is 0 Å². The smallest absolute Gasteiger partial charge is 0.121 e. The highest BCUT2D eigenvalue weighted by molar-refractivity contribution is 5.70. The van der Waals surface area contributed by atoms with Crippen LogP contribution >= 0.6 is 0 Å². The molecule has 1 aromatic carbocycles. The number of anilines is 2. The zero-order valence-corrected chi connectivity index (χ0v) is 10.1. The van der Waals surface area contributed by atoms with Crippen LogP contribution in [0, 0.1) is 0 Å². The van der Waals surface area contributed by atoms with Crippen molar-refractivity contribution in [2.24, 2.45) is 0 Å². The van der Waals surface area contributed by atoms with Gasteiger partial charge in [-0.15, -0.1) is 0 Å². The van der Waals surface area contributed by atoms with Crippen molar-refractivity contribution in [3.63, 3.8) is 0 Å². The summed E-state index contributed by atoms with van der Waals surface area (Å²) in [5, 5.41) is 0. The van der Waals surface area contributed by atoms with Crippen LogP contribution < -0.4 is 15.4 Å². The van der Waals surface area contributed by atoms with E-state index in [1.54, 1.807) is 7.11 Å². The van der Waals surface area contributed by atoms with Crippen LogP contribution in [0.1, 0.15) is 26.2 Å². The lowest BCUT2D eigenvalue weighted by Gasteiger charge is -2.36. The molecule has 1 aliphatic heterocycles. The number of hydrogen-bond acceptors (Lipinski definition) is 3. The molecule has 1 fully saturated rings. The van der Waals surface area contributed by atoms with Crippen molar-refractivity contribution >= 4 is 11.4 Å². The first-order chi connectivity index (χ1) is 7.72. The first kappa shape index (κ1) is 11.1. The van der Waals surface area contributed by atoms with Crippen molar-refractivity contribution in [3.05, 3.63) is 18.2 Å². The maximum atomic E-state index is 6.07. The monoisotopic (exact) mass is 220 g/mol. The van der Waals surface area contributed by atoms with E-state index in [0.29, 0.717) is 6.04 Å². The van der Waals surface area contributed by atoms with E-state index in [1.165, 1.54) is 19.3 Å². The lowest BCUT2D eigenvalue weighted by Crippen LogP contribution is -2.37. The average Bonchev–Trinajstić information content (AvgIpc) is 2.30. The molecule has 0 spiro atoms. The highest BCUT2D eigenvalue weighted by Crippen LogP contribution is 2.31. The summed E-state index contributed by atoms with van der Waals surface area (Å²) >= 11 is 0. The number of rotatable bonds is 2. The van der Waals surface area contributed by atoms with Crippen LogP contribution in [-0.2, 0) is 0 Å². The van der Waals surface area contributed by atoms with Gasteiger partial charge in [0.2, 0.25) is 0 Å². The second-order valence-corrected chi connectivity index (χ2v) is 4.46. The van der Waals surface area contributed by atoms with Crippen LogP contribution in [-0.4, -0.2) is 19.7 Å². The van der Waals surface area contributed by atoms with Gasteiger partial charge < -0.3 is 15.4 Å². The minimum atomic E-state index is 0.587. The maximum absolute atomic E-state index is 6.07. The second-order valence-electron chi connectivity index (χ2n) is 4.46. The Kier molecular flexibility index (Phi) is 3.22. The van der Waals surface area contributed by atoms with Gasteiger partial charge in [-0.05, 0) is 38.3 Å². The molecule has 0 saturated carbocycles. The van der Waals surface area contributed by atoms with Gasteiger partial charge in [0.1, 0.15) is 5.75 Å². The molecule has 0 unspecified atom stereocenters. The number of piperidine rings is 1. The molecule has 0 bridgehead atoms. The Bertz CT molecular complexity index is 365. The van der Waals surface area contributed by atoms with Crippen LogP contribution in [0.15, 0.2) is 18.2 Å². The lowest BCUT2D eigenvalue weighted by molar-refractivity contribution is 0.415. The Morgan fingerprint density at radius 1 is 1.38 bits per heavy atom. The normalized spacial score (nSPS) is 20.9. The SMILES string of the molecule is COc1ccc(N2CCCC[C@H]2C)c(N)c1. The Labute approximate surface area is 97.2 Å². The summed E-state index contributed by atoms with van der Waals surface area (Å²) in [6.45, 7) is 3.38. The Balaban J connectivity index is 2.25. The van der Waals surface area contributed by atoms with Crippen LogP contribution in [0.25, 0.3) is 0 Å². The molecule has 1 heterocycles. The number of hydrogen-bond donors (Lipinski definition) is 1. The highest BCUT2D eigenvalue weighted by Gasteiger charge is 2.20. The summed E-state index contributed by atoms with van der Waals surface area (Å²) in [6.07, 6.45) is 3.84. The maximum Gasteiger partial charge on any atom is 0.121 e. The molecular formula is C13H20N2O. The number of benzene rings is 1. The van der Waals surface area contributed by atoms with Gasteiger partial charge in [-0.3, -0.25) is 0 Å². The molecule has 1 aromatic rings. The quantitative estimate of drug-likeness (QED) is 0.779. The average molecular weight is 220 g/mol. The van der Waals surface area contributed by atoms with Gasteiger partial charge >= 0.3 is 0 Å². The van der Waals surface area contributed by atoms with Gasteiger partial charge in [0.05, 0.1) is 18.5 Å². The summed E-state index contributed by atoms with van der Waals surface area (Å²) < 4.78 is 5.17. The predicted octanol–water partition coefficient (Wildman–Crippen LogP) is 2.66. The molecule has 3 nitrogen and oxygen atoms in total. The third kappa shape index (κ3) is 2.08. The van der Waals surface area contributed by atoms with E-state index in [4.69, 9.17) is 10.5 Å². The van der Waals surface area contributed by atoms with Gasteiger partial charge in [0.15, 0.2) is 0 Å². The molecule has 1 saturated heterocycles. The molecule has 0 amide bonds. The minimum Gasteiger partial charge on any atom is -0.497 e. The van der Waals surface area contributed by atoms with Gasteiger partial charge in [-0.1, -0.05) is 0 Å². The summed E-state index contributed by atoms with van der Waals surface area (Å²) in [5.74, 6) is 0.825. The largest absolute Gasteiger partial charge is 0.497 e. The molecule has 2 rings (SSSR count). The summed E-state index contributed by atoms with van der Waals surface area (Å²) in [7, 11) is 1.66. The van der Waals surface area contributed by atoms with Crippen molar-refractivity contribution < 1.29 is 4.74 Å². The van der Waals surface area contributed by atoms with Gasteiger partial charge in [-0.2, -0.15) is 0 Å². The minimum absolute atomic E-state index is 0.587. The van der Waals surface area contributed by atoms with E-state index in [0.717, 1.165) is 23.7 Å². The number of nitrogen functional groups attached to an aromatic ring is 1. The van der Waals surface area contributed by atoms with Crippen molar-refractivity contribution in [1.29, 1.82) is 0 Å². The molecule has 2 N–H and O–H groups in total. The van der Waals surface area contributed by atoms with Gasteiger partial charge in [0.25, 0.3) is 0 Å². The standard InChI is InChI=1S/C13H20N2O/c1-10-5-3-4-8-15(10)13-7-6-11(16-2)9-12(13)14/h6-7,9-10H,3-5,8,14H2,1-2H3/t10-/m1/s1. The van der Waals surface area contributed by atoms with Crippen molar-refractivity contribution in [1.82, 2.24) is 0 Å². The van der Waals surface area contributed by atoms with E-state index in [9.17, 15) is 0 Å². The molecule has 16 heavy (non-hydrogen) atoms. The number of ether oxygens (including phenoxy) is 1. The summed E-state index contributed by atoms with van der Waals surface area (Å²) in [6, 6.07) is 6.53. The van der Waals surface area contributed by atoms with E-state index < -0.39 is 0 Å². The fourth-order valence-electron chi connectivity index (χ4n) is 2.38. The number of nitrogens with two attached hydrogens (primary N) is 1. The molecule has 0 aliphatic carbocycles. The zero-order chi connectivity index (χ0) is 11.5. The van der Waals surface area contributed by atoms with E-state index in [2.05, 4.69) is 17.9 Å². The molecule has 88 valence electrons. The van der Waals surface area contributed by atoms with Crippen molar-refractivity contribution in [2.75, 3.05) is 24.3 Å². The second kappa shape index (κ2) is 4.64. The Hall–Kier alpha value is -1.38. The van der Waals surface area contributed by atoms with Crippen molar-refractivity contribution in [2.45, 2.75) is 32.2 Å². The molecule has 1 aliphatic rings.